The summed E-state index contributed by atoms with van der Waals surface area (Å²) < 4.78 is 9.39. The fraction of sp³-hybridized carbons (Fsp3) is 0.714. The molecule has 0 bridgehead atoms. The van der Waals surface area contributed by atoms with Crippen LogP contribution in [0.4, 0.5) is 0 Å². The van der Waals surface area contributed by atoms with E-state index < -0.39 is 0 Å². The monoisotopic (exact) mass is 143 g/mol. The van der Waals surface area contributed by atoms with E-state index in [0.717, 1.165) is 19.3 Å². The van der Waals surface area contributed by atoms with E-state index in [2.05, 4.69) is 11.8 Å². The molecule has 1 radical (unpaired) electrons. The van der Waals surface area contributed by atoms with Crippen LogP contribution >= 0.6 is 0 Å². The predicted octanol–water partition coefficient (Wildman–Crippen LogP) is 0.890. The van der Waals surface area contributed by atoms with E-state index in [0.29, 0.717) is 6.61 Å². The van der Waals surface area contributed by atoms with E-state index >= 15 is 0 Å². The van der Waals surface area contributed by atoms with E-state index in [4.69, 9.17) is 4.74 Å². The van der Waals surface area contributed by atoms with Gasteiger partial charge in [-0.15, -0.1) is 0 Å². The number of esters is 1. The molecule has 1 atom stereocenters. The van der Waals surface area contributed by atoms with Gasteiger partial charge in [-0.1, -0.05) is 0 Å². The molecule has 1 heterocycles. The minimum absolute atomic E-state index is 0.347. The van der Waals surface area contributed by atoms with Crippen molar-refractivity contribution in [3.63, 3.8) is 0 Å². The number of hydrogen-bond acceptors (Lipinski definition) is 3. The Bertz CT molecular complexity index is 116. The molecule has 10 heavy (non-hydrogen) atoms. The second-order valence-corrected chi connectivity index (χ2v) is 2.32. The highest BCUT2D eigenvalue weighted by Crippen LogP contribution is 2.13. The molecule has 0 saturated carbocycles. The van der Waals surface area contributed by atoms with Gasteiger partial charge in [0.15, 0.2) is 6.10 Å². The number of ether oxygens (including phenoxy) is 2. The standard InChI is InChI=1S/C7H11O3/c1-9-7(8)6-4-2-3-5-10-6/h6H,1-5H2. The minimum Gasteiger partial charge on any atom is -0.460 e. The average Bonchev–Trinajstić information content (AvgIpc) is 2.05. The highest BCUT2D eigenvalue weighted by atomic mass is 16.6. The van der Waals surface area contributed by atoms with Crippen LogP contribution in [0.15, 0.2) is 0 Å². The third kappa shape index (κ3) is 1.70. The Kier molecular flexibility index (Phi) is 2.68. The molecule has 0 aromatic carbocycles. The van der Waals surface area contributed by atoms with Crippen molar-refractivity contribution in [1.29, 1.82) is 0 Å². The van der Waals surface area contributed by atoms with Gasteiger partial charge in [-0.25, -0.2) is 4.79 Å². The Balaban J connectivity index is 2.31. The van der Waals surface area contributed by atoms with Crippen molar-refractivity contribution in [3.05, 3.63) is 7.11 Å². The first-order chi connectivity index (χ1) is 4.84. The van der Waals surface area contributed by atoms with Crippen molar-refractivity contribution >= 4 is 5.97 Å². The van der Waals surface area contributed by atoms with E-state index in [1.54, 1.807) is 0 Å². The van der Waals surface area contributed by atoms with Crippen molar-refractivity contribution < 1.29 is 14.3 Å². The molecule has 1 unspecified atom stereocenters. The van der Waals surface area contributed by atoms with Crippen molar-refractivity contribution in [1.82, 2.24) is 0 Å². The maximum Gasteiger partial charge on any atom is 0.335 e. The minimum atomic E-state index is -0.355. The second-order valence-electron chi connectivity index (χ2n) is 2.32. The molecule has 3 heteroatoms. The normalized spacial score (nSPS) is 25.9. The molecule has 0 spiro atoms. The van der Waals surface area contributed by atoms with Crippen LogP contribution < -0.4 is 0 Å². The summed E-state index contributed by atoms with van der Waals surface area (Å²) in [4.78, 5) is 10.8. The first-order valence-electron chi connectivity index (χ1n) is 3.42. The summed E-state index contributed by atoms with van der Waals surface area (Å²) in [5, 5.41) is 0. The Morgan fingerprint density at radius 3 is 2.90 bits per heavy atom. The Hall–Kier alpha value is -0.570. The molecule has 0 aromatic heterocycles. The number of hydrogen-bond donors (Lipinski definition) is 0. The fourth-order valence-electron chi connectivity index (χ4n) is 1.02. The summed E-state index contributed by atoms with van der Waals surface area (Å²) in [6.45, 7) is 0.666. The fourth-order valence-corrected chi connectivity index (χ4v) is 1.02. The van der Waals surface area contributed by atoms with Gasteiger partial charge in [0, 0.05) is 6.61 Å². The summed E-state index contributed by atoms with van der Waals surface area (Å²) in [5.41, 5.74) is 0. The lowest BCUT2D eigenvalue weighted by molar-refractivity contribution is -0.154. The molecule has 0 amide bonds. The number of carbonyl (C=O) groups is 1. The van der Waals surface area contributed by atoms with Crippen LogP contribution in [-0.2, 0) is 14.3 Å². The highest BCUT2D eigenvalue weighted by Gasteiger charge is 2.21. The molecule has 0 aliphatic carbocycles. The van der Waals surface area contributed by atoms with Crippen molar-refractivity contribution in [2.24, 2.45) is 0 Å². The smallest absolute Gasteiger partial charge is 0.335 e. The summed E-state index contributed by atoms with van der Waals surface area (Å²) in [6, 6.07) is 0. The number of carbonyl (C=O) groups excluding carboxylic acids is 1. The lowest BCUT2D eigenvalue weighted by Crippen LogP contribution is -2.28. The molecule has 0 N–H and O–H groups in total. The molecule has 0 aromatic rings. The summed E-state index contributed by atoms with van der Waals surface area (Å²) in [5.74, 6) is -0.347. The zero-order chi connectivity index (χ0) is 7.40. The van der Waals surface area contributed by atoms with Crippen LogP contribution in [0.2, 0.25) is 0 Å². The van der Waals surface area contributed by atoms with E-state index in [1.165, 1.54) is 0 Å². The molecule has 1 rings (SSSR count). The molecular weight excluding hydrogens is 132 g/mol. The van der Waals surface area contributed by atoms with Crippen LogP contribution in [0, 0.1) is 7.11 Å². The predicted molar refractivity (Wildman–Crippen MR) is 35.0 cm³/mol. The molecule has 1 saturated heterocycles. The zero-order valence-corrected chi connectivity index (χ0v) is 5.84. The van der Waals surface area contributed by atoms with E-state index in [-0.39, 0.29) is 12.1 Å². The Labute approximate surface area is 60.3 Å². The Morgan fingerprint density at radius 2 is 2.40 bits per heavy atom. The third-order valence-corrected chi connectivity index (χ3v) is 1.58. The van der Waals surface area contributed by atoms with E-state index in [9.17, 15) is 4.79 Å². The maximum absolute atomic E-state index is 10.8. The first kappa shape index (κ1) is 7.54. The van der Waals surface area contributed by atoms with Crippen LogP contribution in [-0.4, -0.2) is 18.7 Å². The van der Waals surface area contributed by atoms with Crippen LogP contribution in [0.25, 0.3) is 0 Å². The Morgan fingerprint density at radius 1 is 1.60 bits per heavy atom. The number of rotatable bonds is 1. The van der Waals surface area contributed by atoms with Gasteiger partial charge >= 0.3 is 5.97 Å². The quantitative estimate of drug-likeness (QED) is 0.511. The van der Waals surface area contributed by atoms with Crippen molar-refractivity contribution in [2.45, 2.75) is 25.4 Å². The third-order valence-electron chi connectivity index (χ3n) is 1.58. The van der Waals surface area contributed by atoms with Crippen LogP contribution in [0.3, 0.4) is 0 Å². The van der Waals surface area contributed by atoms with Crippen molar-refractivity contribution in [3.8, 4) is 0 Å². The summed E-state index contributed by atoms with van der Waals surface area (Å²) >= 11 is 0. The van der Waals surface area contributed by atoms with Gasteiger partial charge in [0.2, 0.25) is 0 Å². The average molecular weight is 143 g/mol. The van der Waals surface area contributed by atoms with Gasteiger partial charge in [-0.05, 0) is 19.3 Å². The van der Waals surface area contributed by atoms with Gasteiger partial charge in [-0.3, -0.25) is 0 Å². The zero-order valence-electron chi connectivity index (χ0n) is 5.84. The molecule has 1 aliphatic heterocycles. The molecule has 1 aliphatic rings. The van der Waals surface area contributed by atoms with Gasteiger partial charge in [0.25, 0.3) is 0 Å². The first-order valence-corrected chi connectivity index (χ1v) is 3.42. The lowest BCUT2D eigenvalue weighted by atomic mass is 10.1. The molecular formula is C7H11O3. The topological polar surface area (TPSA) is 35.5 Å². The van der Waals surface area contributed by atoms with Gasteiger partial charge in [0.05, 0.1) is 0 Å². The van der Waals surface area contributed by atoms with Gasteiger partial charge < -0.3 is 9.47 Å². The summed E-state index contributed by atoms with van der Waals surface area (Å²) in [6.07, 6.45) is 2.50. The molecule has 1 fully saturated rings. The van der Waals surface area contributed by atoms with Crippen LogP contribution in [0.5, 0.6) is 0 Å². The largest absolute Gasteiger partial charge is 0.460 e. The second kappa shape index (κ2) is 3.56. The summed E-state index contributed by atoms with van der Waals surface area (Å²) in [7, 11) is 3.03. The highest BCUT2D eigenvalue weighted by molar-refractivity contribution is 5.74. The van der Waals surface area contributed by atoms with E-state index in [1.807, 2.05) is 0 Å². The molecule has 57 valence electrons. The van der Waals surface area contributed by atoms with Gasteiger partial charge in [0.1, 0.15) is 7.11 Å². The SMILES string of the molecule is [CH2]OC(=O)C1CCCCO1. The molecule has 3 nitrogen and oxygen atoms in total. The van der Waals surface area contributed by atoms with Crippen LogP contribution in [0.1, 0.15) is 19.3 Å². The van der Waals surface area contributed by atoms with Crippen molar-refractivity contribution in [2.75, 3.05) is 6.61 Å². The van der Waals surface area contributed by atoms with Gasteiger partial charge in [-0.2, -0.15) is 0 Å². The maximum atomic E-state index is 10.8. The lowest BCUT2D eigenvalue weighted by Gasteiger charge is -2.19.